The molecule has 0 radical (unpaired) electrons. The van der Waals surface area contributed by atoms with E-state index in [1.54, 1.807) is 0 Å². The fraction of sp³-hybridized carbons (Fsp3) is 0.750. The van der Waals surface area contributed by atoms with E-state index in [0.29, 0.717) is 19.1 Å². The van der Waals surface area contributed by atoms with Crippen LogP contribution < -0.4 is 5.32 Å². The topological polar surface area (TPSA) is 57.2 Å². The number of nitrogens with one attached hydrogen (secondary N) is 1. The second kappa shape index (κ2) is 10.8. The Morgan fingerprint density at radius 1 is 1.16 bits per heavy atom. The van der Waals surface area contributed by atoms with Crippen LogP contribution in [-0.2, 0) is 14.9 Å². The second-order valence-electron chi connectivity index (χ2n) is 9.19. The van der Waals surface area contributed by atoms with Gasteiger partial charge in [-0.15, -0.1) is 11.3 Å². The highest BCUT2D eigenvalue weighted by atomic mass is 32.1. The number of rotatable bonds is 5. The summed E-state index contributed by atoms with van der Waals surface area (Å²) in [5.41, 5.74) is 0.206. The smallest absolute Gasteiger partial charge is 0.225 e. The fourth-order valence-corrected chi connectivity index (χ4v) is 6.30. The molecule has 2 aliphatic heterocycles. The third kappa shape index (κ3) is 5.43. The van der Waals surface area contributed by atoms with E-state index in [4.69, 9.17) is 9.73 Å². The van der Waals surface area contributed by atoms with Crippen molar-refractivity contribution in [3.63, 3.8) is 0 Å². The van der Waals surface area contributed by atoms with Crippen LogP contribution in [0.5, 0.6) is 0 Å². The summed E-state index contributed by atoms with van der Waals surface area (Å²) in [5, 5.41) is 5.73. The lowest BCUT2D eigenvalue weighted by molar-refractivity contribution is -0.140. The molecule has 0 unspecified atom stereocenters. The number of thiophene rings is 1. The van der Waals surface area contributed by atoms with E-state index < -0.39 is 0 Å². The number of nitrogens with zero attached hydrogens (tertiary/aromatic N) is 3. The molecule has 1 amide bonds. The fourth-order valence-electron chi connectivity index (χ4n) is 5.32. The summed E-state index contributed by atoms with van der Waals surface area (Å²) in [4.78, 5) is 23.9. The molecule has 6 nitrogen and oxygen atoms in total. The number of guanidine groups is 1. The molecule has 31 heavy (non-hydrogen) atoms. The normalized spacial score (nSPS) is 23.1. The lowest BCUT2D eigenvalue weighted by Gasteiger charge is -2.38. The van der Waals surface area contributed by atoms with Gasteiger partial charge in [0.2, 0.25) is 5.91 Å². The highest BCUT2D eigenvalue weighted by Gasteiger charge is 2.35. The average molecular weight is 447 g/mol. The van der Waals surface area contributed by atoms with Crippen molar-refractivity contribution in [3.8, 4) is 0 Å². The molecule has 0 atom stereocenters. The van der Waals surface area contributed by atoms with Crippen LogP contribution in [0.15, 0.2) is 22.5 Å². The quantitative estimate of drug-likeness (QED) is 0.556. The number of likely N-dealkylation sites (tertiary alicyclic amines) is 1. The summed E-state index contributed by atoms with van der Waals surface area (Å²) in [6.45, 7) is 8.51. The standard InChI is InChI=1S/C24H38N4O2S/c1-2-25-23(26-19-24(10-4-3-5-11-24)21-7-6-18-31-21)28-12-8-20(9-13-28)22(29)27-14-16-30-17-15-27/h6-7,18,20H,2-5,8-17,19H2,1H3,(H,25,26). The number of carbonyl (C=O) groups is 1. The van der Waals surface area contributed by atoms with Crippen molar-refractivity contribution in [3.05, 3.63) is 22.4 Å². The van der Waals surface area contributed by atoms with Gasteiger partial charge in [-0.25, -0.2) is 0 Å². The molecule has 1 saturated carbocycles. The first-order valence-corrected chi connectivity index (χ1v) is 13.0. The van der Waals surface area contributed by atoms with E-state index in [-0.39, 0.29) is 11.3 Å². The maximum absolute atomic E-state index is 12.9. The predicted molar refractivity (Wildman–Crippen MR) is 127 cm³/mol. The molecule has 4 rings (SSSR count). The molecule has 1 aromatic heterocycles. The van der Waals surface area contributed by atoms with Crippen LogP contribution in [0.1, 0.15) is 56.7 Å². The maximum Gasteiger partial charge on any atom is 0.225 e. The number of hydrogen-bond donors (Lipinski definition) is 1. The number of hydrogen-bond acceptors (Lipinski definition) is 4. The van der Waals surface area contributed by atoms with Crippen molar-refractivity contribution in [1.82, 2.24) is 15.1 Å². The van der Waals surface area contributed by atoms with Crippen LogP contribution in [0.25, 0.3) is 0 Å². The number of ether oxygens (including phenoxy) is 1. The van der Waals surface area contributed by atoms with Gasteiger partial charge in [0.15, 0.2) is 5.96 Å². The second-order valence-corrected chi connectivity index (χ2v) is 10.1. The zero-order chi connectivity index (χ0) is 21.5. The van der Waals surface area contributed by atoms with Crippen molar-refractivity contribution in [2.24, 2.45) is 10.9 Å². The molecule has 7 heteroatoms. The monoisotopic (exact) mass is 446 g/mol. The first-order valence-electron chi connectivity index (χ1n) is 12.2. The SMILES string of the molecule is CCNC(=NCC1(c2cccs2)CCCCC1)N1CCC(C(=O)N2CCOCC2)CC1. The Labute approximate surface area is 191 Å². The van der Waals surface area contributed by atoms with Crippen molar-refractivity contribution in [1.29, 1.82) is 0 Å². The molecule has 1 aliphatic carbocycles. The third-order valence-corrected chi connectivity index (χ3v) is 8.30. The molecule has 0 bridgehead atoms. The molecule has 3 aliphatic rings. The summed E-state index contributed by atoms with van der Waals surface area (Å²) < 4.78 is 5.40. The highest BCUT2D eigenvalue weighted by molar-refractivity contribution is 7.10. The molecule has 1 aromatic rings. The van der Waals surface area contributed by atoms with Crippen LogP contribution in [0.4, 0.5) is 0 Å². The van der Waals surface area contributed by atoms with Gasteiger partial charge in [-0.2, -0.15) is 0 Å². The number of amides is 1. The Kier molecular flexibility index (Phi) is 7.88. The van der Waals surface area contributed by atoms with Gasteiger partial charge in [-0.05, 0) is 44.1 Å². The Balaban J connectivity index is 1.39. The van der Waals surface area contributed by atoms with E-state index in [1.165, 1.54) is 37.0 Å². The number of carbonyl (C=O) groups excluding carboxylic acids is 1. The Morgan fingerprint density at radius 3 is 2.55 bits per heavy atom. The largest absolute Gasteiger partial charge is 0.378 e. The van der Waals surface area contributed by atoms with Crippen molar-refractivity contribution >= 4 is 23.2 Å². The van der Waals surface area contributed by atoms with E-state index in [0.717, 1.165) is 58.1 Å². The number of morpholine rings is 1. The number of aliphatic imine (C=N–C) groups is 1. The zero-order valence-electron chi connectivity index (χ0n) is 19.0. The Bertz CT molecular complexity index is 716. The summed E-state index contributed by atoms with van der Waals surface area (Å²) in [6.07, 6.45) is 8.27. The first kappa shape index (κ1) is 22.6. The molecular formula is C24H38N4O2S. The van der Waals surface area contributed by atoms with Gasteiger partial charge in [0.1, 0.15) is 0 Å². The van der Waals surface area contributed by atoms with Crippen LogP contribution in [-0.4, -0.2) is 74.1 Å². The van der Waals surface area contributed by atoms with Gasteiger partial charge in [0.25, 0.3) is 0 Å². The minimum Gasteiger partial charge on any atom is -0.378 e. The van der Waals surface area contributed by atoms with Gasteiger partial charge in [-0.3, -0.25) is 9.79 Å². The molecule has 0 aromatic carbocycles. The van der Waals surface area contributed by atoms with E-state index in [2.05, 4.69) is 34.7 Å². The van der Waals surface area contributed by atoms with Crippen LogP contribution in [0, 0.1) is 5.92 Å². The number of piperidine rings is 1. The minimum absolute atomic E-state index is 0.146. The highest BCUT2D eigenvalue weighted by Crippen LogP contribution is 2.41. The van der Waals surface area contributed by atoms with Gasteiger partial charge in [0, 0.05) is 48.9 Å². The zero-order valence-corrected chi connectivity index (χ0v) is 19.8. The van der Waals surface area contributed by atoms with Crippen molar-refractivity contribution in [2.45, 2.75) is 57.3 Å². The molecule has 0 spiro atoms. The van der Waals surface area contributed by atoms with Gasteiger partial charge in [-0.1, -0.05) is 25.3 Å². The summed E-state index contributed by atoms with van der Waals surface area (Å²) in [5.74, 6) is 1.50. The summed E-state index contributed by atoms with van der Waals surface area (Å²) in [6, 6.07) is 4.49. The van der Waals surface area contributed by atoms with Gasteiger partial charge >= 0.3 is 0 Å². The molecular weight excluding hydrogens is 408 g/mol. The molecule has 1 N–H and O–H groups in total. The predicted octanol–water partition coefficient (Wildman–Crippen LogP) is 3.49. The molecule has 3 fully saturated rings. The molecule has 2 saturated heterocycles. The average Bonchev–Trinajstić information content (AvgIpc) is 3.38. The van der Waals surface area contributed by atoms with Crippen molar-refractivity contribution in [2.75, 3.05) is 52.5 Å². The van der Waals surface area contributed by atoms with E-state index in [1.807, 2.05) is 16.2 Å². The lowest BCUT2D eigenvalue weighted by Crippen LogP contribution is -2.50. The minimum atomic E-state index is 0.146. The van der Waals surface area contributed by atoms with Gasteiger partial charge < -0.3 is 19.9 Å². The van der Waals surface area contributed by atoms with Crippen LogP contribution in [0.3, 0.4) is 0 Å². The third-order valence-electron chi connectivity index (χ3n) is 7.19. The lowest BCUT2D eigenvalue weighted by atomic mass is 9.73. The Hall–Kier alpha value is -1.60. The summed E-state index contributed by atoms with van der Waals surface area (Å²) >= 11 is 1.89. The van der Waals surface area contributed by atoms with Gasteiger partial charge in [0.05, 0.1) is 19.8 Å². The van der Waals surface area contributed by atoms with Crippen LogP contribution in [0.2, 0.25) is 0 Å². The van der Waals surface area contributed by atoms with E-state index in [9.17, 15) is 4.79 Å². The molecule has 172 valence electrons. The summed E-state index contributed by atoms with van der Waals surface area (Å²) in [7, 11) is 0. The van der Waals surface area contributed by atoms with E-state index >= 15 is 0 Å². The first-order chi connectivity index (χ1) is 15.2. The maximum atomic E-state index is 12.9. The Morgan fingerprint density at radius 2 is 1.90 bits per heavy atom. The molecule has 3 heterocycles. The van der Waals surface area contributed by atoms with Crippen LogP contribution >= 0.6 is 11.3 Å². The van der Waals surface area contributed by atoms with Crippen molar-refractivity contribution < 1.29 is 9.53 Å².